The van der Waals surface area contributed by atoms with Crippen LogP contribution < -0.4 is 0 Å². The van der Waals surface area contributed by atoms with E-state index >= 15 is 0 Å². The first-order valence-electron chi connectivity index (χ1n) is 9.37. The molecule has 0 aromatic heterocycles. The van der Waals surface area contributed by atoms with Crippen molar-refractivity contribution in [1.82, 2.24) is 9.80 Å². The maximum atomic E-state index is 9.93. The van der Waals surface area contributed by atoms with E-state index < -0.39 is 0 Å². The van der Waals surface area contributed by atoms with Crippen molar-refractivity contribution in [3.8, 4) is 5.75 Å². The predicted octanol–water partition coefficient (Wildman–Crippen LogP) is 3.01. The summed E-state index contributed by atoms with van der Waals surface area (Å²) in [6, 6.07) is 6.71. The lowest BCUT2D eigenvalue weighted by Crippen LogP contribution is -2.58. The van der Waals surface area contributed by atoms with Gasteiger partial charge < -0.3 is 10.0 Å². The second-order valence-corrected chi connectivity index (χ2v) is 8.15. The Hall–Kier alpha value is -1.06. The summed E-state index contributed by atoms with van der Waals surface area (Å²) in [7, 11) is 0. The summed E-state index contributed by atoms with van der Waals surface area (Å²) in [6.07, 6.45) is 5.12. The molecule has 1 aromatic carbocycles. The van der Waals surface area contributed by atoms with Crippen molar-refractivity contribution in [2.45, 2.75) is 51.0 Å². The number of likely N-dealkylation sites (tertiary alicyclic amines) is 2. The molecule has 2 fully saturated rings. The van der Waals surface area contributed by atoms with Crippen molar-refractivity contribution in [1.29, 1.82) is 0 Å². The Morgan fingerprint density at radius 2 is 1.96 bits per heavy atom. The van der Waals surface area contributed by atoms with E-state index in [0.717, 1.165) is 6.42 Å². The fraction of sp³-hybridized carbons (Fsp3) is 0.700. The molecule has 0 radical (unpaired) electrons. The van der Waals surface area contributed by atoms with Crippen LogP contribution in [0.15, 0.2) is 18.2 Å². The number of hydrogen-bond donors (Lipinski definition) is 1. The molecule has 3 aliphatic rings. The highest BCUT2D eigenvalue weighted by Gasteiger charge is 2.48. The van der Waals surface area contributed by atoms with Crippen LogP contribution in [-0.2, 0) is 11.8 Å². The smallest absolute Gasteiger partial charge is 0.115 e. The Bertz CT molecular complexity index is 581. The molecule has 0 spiro atoms. The first kappa shape index (κ1) is 15.5. The third-order valence-corrected chi connectivity index (χ3v) is 7.01. The molecular weight excluding hydrogens is 284 g/mol. The Morgan fingerprint density at radius 3 is 2.74 bits per heavy atom. The van der Waals surface area contributed by atoms with Crippen molar-refractivity contribution < 1.29 is 5.11 Å². The van der Waals surface area contributed by atoms with Gasteiger partial charge in [0, 0.05) is 19.1 Å². The summed E-state index contributed by atoms with van der Waals surface area (Å²) >= 11 is 0. The fourth-order valence-corrected chi connectivity index (χ4v) is 5.25. The number of piperidine rings is 1. The summed E-state index contributed by atoms with van der Waals surface area (Å²) in [4.78, 5) is 5.38. The van der Waals surface area contributed by atoms with Crippen LogP contribution in [0.4, 0.5) is 0 Å². The Kier molecular flexibility index (Phi) is 3.89. The van der Waals surface area contributed by atoms with Gasteiger partial charge in [0.15, 0.2) is 0 Å². The molecule has 126 valence electrons. The van der Waals surface area contributed by atoms with Gasteiger partial charge in [0.25, 0.3) is 0 Å². The largest absolute Gasteiger partial charge is 0.508 e. The van der Waals surface area contributed by atoms with Crippen LogP contribution in [0.5, 0.6) is 5.75 Å². The van der Waals surface area contributed by atoms with Crippen molar-refractivity contribution >= 4 is 0 Å². The molecular formula is C20H30N2O. The number of fused-ring (bicyclic) bond motifs is 4. The highest BCUT2D eigenvalue weighted by atomic mass is 16.3. The average molecular weight is 314 g/mol. The molecule has 1 aromatic rings. The van der Waals surface area contributed by atoms with Gasteiger partial charge in [-0.25, -0.2) is 0 Å². The van der Waals surface area contributed by atoms with Crippen molar-refractivity contribution in [3.63, 3.8) is 0 Å². The lowest BCUT2D eigenvalue weighted by atomic mass is 9.59. The maximum Gasteiger partial charge on any atom is 0.115 e. The van der Waals surface area contributed by atoms with Crippen LogP contribution in [-0.4, -0.2) is 53.7 Å². The number of rotatable bonds is 3. The highest BCUT2D eigenvalue weighted by molar-refractivity contribution is 5.44. The lowest BCUT2D eigenvalue weighted by Gasteiger charge is -2.54. The van der Waals surface area contributed by atoms with E-state index in [-0.39, 0.29) is 5.41 Å². The third-order valence-electron chi connectivity index (χ3n) is 7.01. The first-order valence-corrected chi connectivity index (χ1v) is 9.37. The fourth-order valence-electron chi connectivity index (χ4n) is 5.25. The molecule has 4 rings (SSSR count). The van der Waals surface area contributed by atoms with Gasteiger partial charge in [-0.05, 0) is 79.9 Å². The van der Waals surface area contributed by atoms with Crippen LogP contribution in [0.3, 0.4) is 0 Å². The molecule has 2 saturated heterocycles. The Labute approximate surface area is 140 Å². The van der Waals surface area contributed by atoms with Crippen LogP contribution >= 0.6 is 0 Å². The SMILES string of the molecule is C[C@@H]1[C@@H]2Cc3ccc(O)cc3[C@]1(C)CCN2CCN1CCCC1. The van der Waals surface area contributed by atoms with E-state index in [4.69, 9.17) is 0 Å². The first-order chi connectivity index (χ1) is 11.1. The average Bonchev–Trinajstić information content (AvgIpc) is 3.04. The number of phenols is 1. The molecule has 0 unspecified atom stereocenters. The van der Waals surface area contributed by atoms with E-state index in [2.05, 4.69) is 29.7 Å². The van der Waals surface area contributed by atoms with Gasteiger partial charge in [-0.15, -0.1) is 0 Å². The lowest BCUT2D eigenvalue weighted by molar-refractivity contribution is 0.0264. The quantitative estimate of drug-likeness (QED) is 0.929. The van der Waals surface area contributed by atoms with Gasteiger partial charge in [-0.3, -0.25) is 4.90 Å². The summed E-state index contributed by atoms with van der Waals surface area (Å²) in [5, 5.41) is 9.93. The zero-order valence-electron chi connectivity index (χ0n) is 14.6. The van der Waals surface area contributed by atoms with E-state index in [1.54, 1.807) is 0 Å². The minimum atomic E-state index is 0.223. The molecule has 0 amide bonds. The topological polar surface area (TPSA) is 26.7 Å². The summed E-state index contributed by atoms with van der Waals surface area (Å²) in [5.41, 5.74) is 3.08. The Morgan fingerprint density at radius 1 is 1.17 bits per heavy atom. The van der Waals surface area contributed by atoms with Crippen molar-refractivity contribution in [2.75, 3.05) is 32.7 Å². The van der Waals surface area contributed by atoms with Crippen LogP contribution in [0, 0.1) is 5.92 Å². The second-order valence-electron chi connectivity index (χ2n) is 8.15. The summed E-state index contributed by atoms with van der Waals surface area (Å²) < 4.78 is 0. The normalized spacial score (nSPS) is 34.5. The molecule has 3 nitrogen and oxygen atoms in total. The molecule has 2 aliphatic heterocycles. The Balaban J connectivity index is 1.54. The third kappa shape index (κ3) is 2.58. The number of benzene rings is 1. The maximum absolute atomic E-state index is 9.93. The number of phenolic OH excluding ortho intramolecular Hbond substituents is 1. The number of aromatic hydroxyl groups is 1. The van der Waals surface area contributed by atoms with Gasteiger partial charge in [-0.2, -0.15) is 0 Å². The van der Waals surface area contributed by atoms with Crippen LogP contribution in [0.25, 0.3) is 0 Å². The van der Waals surface area contributed by atoms with Gasteiger partial charge in [0.2, 0.25) is 0 Å². The molecule has 3 atom stereocenters. The molecule has 3 heteroatoms. The number of hydrogen-bond acceptors (Lipinski definition) is 3. The highest BCUT2D eigenvalue weighted by Crippen LogP contribution is 2.49. The molecule has 0 saturated carbocycles. The van der Waals surface area contributed by atoms with E-state index in [0.29, 0.717) is 17.7 Å². The summed E-state index contributed by atoms with van der Waals surface area (Å²) in [5.74, 6) is 1.08. The zero-order valence-corrected chi connectivity index (χ0v) is 14.6. The van der Waals surface area contributed by atoms with E-state index in [1.807, 2.05) is 12.1 Å². The monoisotopic (exact) mass is 314 g/mol. The predicted molar refractivity (Wildman–Crippen MR) is 94.0 cm³/mol. The molecule has 23 heavy (non-hydrogen) atoms. The van der Waals surface area contributed by atoms with Crippen molar-refractivity contribution in [2.24, 2.45) is 5.92 Å². The van der Waals surface area contributed by atoms with Gasteiger partial charge >= 0.3 is 0 Å². The number of nitrogens with zero attached hydrogens (tertiary/aromatic N) is 2. The van der Waals surface area contributed by atoms with Gasteiger partial charge in [0.05, 0.1) is 0 Å². The molecule has 2 heterocycles. The summed E-state index contributed by atoms with van der Waals surface area (Å²) in [6.45, 7) is 11.1. The minimum absolute atomic E-state index is 0.223. The van der Waals surface area contributed by atoms with E-state index in [1.165, 1.54) is 63.1 Å². The van der Waals surface area contributed by atoms with Crippen LogP contribution in [0.1, 0.15) is 44.2 Å². The van der Waals surface area contributed by atoms with Crippen molar-refractivity contribution in [3.05, 3.63) is 29.3 Å². The van der Waals surface area contributed by atoms with Crippen LogP contribution in [0.2, 0.25) is 0 Å². The molecule has 1 aliphatic carbocycles. The molecule has 2 bridgehead atoms. The van der Waals surface area contributed by atoms with E-state index in [9.17, 15) is 5.11 Å². The second kappa shape index (κ2) is 5.78. The van der Waals surface area contributed by atoms with Gasteiger partial charge in [-0.1, -0.05) is 19.9 Å². The zero-order chi connectivity index (χ0) is 16.0. The standard InChI is InChI=1S/C20H30N2O/c1-15-19-13-16-5-6-17(23)14-18(16)20(15,2)7-10-22(19)12-11-21-8-3-4-9-21/h5-6,14-15,19,23H,3-4,7-13H2,1-2H3/t15-,19+,20-/m1/s1. The minimum Gasteiger partial charge on any atom is -0.508 e. The molecule has 1 N–H and O–H groups in total. The van der Waals surface area contributed by atoms with Gasteiger partial charge in [0.1, 0.15) is 5.75 Å².